The molecule has 132 valence electrons. The van der Waals surface area contributed by atoms with Gasteiger partial charge in [-0.25, -0.2) is 4.98 Å². The van der Waals surface area contributed by atoms with Gasteiger partial charge in [0.15, 0.2) is 0 Å². The van der Waals surface area contributed by atoms with E-state index in [9.17, 15) is 9.59 Å². The molecule has 1 amide bonds. The van der Waals surface area contributed by atoms with Gasteiger partial charge in [-0.3, -0.25) is 9.59 Å². The van der Waals surface area contributed by atoms with E-state index in [-0.39, 0.29) is 11.5 Å². The summed E-state index contributed by atoms with van der Waals surface area (Å²) in [6, 6.07) is 9.59. The summed E-state index contributed by atoms with van der Waals surface area (Å²) < 4.78 is 5.62. The lowest BCUT2D eigenvalue weighted by atomic mass is 10.1. The molecule has 0 atom stereocenters. The Morgan fingerprint density at radius 3 is 2.80 bits per heavy atom. The Morgan fingerprint density at radius 2 is 2.00 bits per heavy atom. The number of H-pyrrole nitrogens is 1. The van der Waals surface area contributed by atoms with Crippen molar-refractivity contribution in [1.82, 2.24) is 14.9 Å². The first kappa shape index (κ1) is 17.2. The fraction of sp³-hybridized carbons (Fsp3) is 0.421. The van der Waals surface area contributed by atoms with Crippen LogP contribution in [0, 0.1) is 6.92 Å². The van der Waals surface area contributed by atoms with Gasteiger partial charge in [0.1, 0.15) is 11.6 Å². The zero-order valence-corrected chi connectivity index (χ0v) is 14.5. The number of hydrogen-bond donors (Lipinski definition) is 1. The van der Waals surface area contributed by atoms with Gasteiger partial charge in [0, 0.05) is 31.5 Å². The van der Waals surface area contributed by atoms with Crippen LogP contribution >= 0.6 is 0 Å². The predicted octanol–water partition coefficient (Wildman–Crippen LogP) is 1.86. The molecule has 0 unspecified atom stereocenters. The molecule has 3 rings (SSSR count). The Morgan fingerprint density at radius 1 is 1.24 bits per heavy atom. The maximum atomic E-state index is 12.4. The Bertz CT molecular complexity index is 786. The third-order valence-corrected chi connectivity index (χ3v) is 4.37. The van der Waals surface area contributed by atoms with Crippen molar-refractivity contribution in [2.45, 2.75) is 32.6 Å². The van der Waals surface area contributed by atoms with Crippen molar-refractivity contribution >= 4 is 5.91 Å². The Hall–Kier alpha value is -2.63. The molecule has 1 aromatic carbocycles. The number of aryl methyl sites for hydroxylation is 1. The first-order valence-corrected chi connectivity index (χ1v) is 8.68. The zero-order chi connectivity index (χ0) is 17.6. The van der Waals surface area contributed by atoms with Crippen molar-refractivity contribution in [2.75, 3.05) is 19.7 Å². The average molecular weight is 341 g/mol. The zero-order valence-electron chi connectivity index (χ0n) is 14.5. The Balaban J connectivity index is 1.49. The van der Waals surface area contributed by atoms with Gasteiger partial charge in [0.2, 0.25) is 5.91 Å². The lowest BCUT2D eigenvalue weighted by Gasteiger charge is -2.20. The number of ether oxygens (including phenoxy) is 1. The average Bonchev–Trinajstić information content (AvgIpc) is 2.82. The van der Waals surface area contributed by atoms with Gasteiger partial charge in [-0.05, 0) is 31.9 Å². The van der Waals surface area contributed by atoms with Crippen LogP contribution in [0.4, 0.5) is 0 Å². The summed E-state index contributed by atoms with van der Waals surface area (Å²) >= 11 is 0. The van der Waals surface area contributed by atoms with E-state index in [4.69, 9.17) is 4.74 Å². The predicted molar refractivity (Wildman–Crippen MR) is 94.8 cm³/mol. The highest BCUT2D eigenvalue weighted by molar-refractivity contribution is 5.76. The minimum Gasteiger partial charge on any atom is -0.494 e. The van der Waals surface area contributed by atoms with Crippen LogP contribution in [0.1, 0.15) is 29.9 Å². The number of rotatable bonds is 5. The third kappa shape index (κ3) is 4.47. The number of carbonyl (C=O) groups is 1. The topological polar surface area (TPSA) is 75.3 Å². The van der Waals surface area contributed by atoms with Crippen LogP contribution in [-0.4, -0.2) is 40.5 Å². The van der Waals surface area contributed by atoms with Crippen LogP contribution < -0.4 is 10.3 Å². The van der Waals surface area contributed by atoms with Crippen LogP contribution in [0.5, 0.6) is 5.75 Å². The second kappa shape index (κ2) is 7.96. The van der Waals surface area contributed by atoms with Crippen LogP contribution in [0.3, 0.4) is 0 Å². The number of amides is 1. The lowest BCUT2D eigenvalue weighted by molar-refractivity contribution is -0.131. The normalized spacial score (nSPS) is 13.9. The van der Waals surface area contributed by atoms with Gasteiger partial charge in [-0.1, -0.05) is 18.2 Å². The summed E-state index contributed by atoms with van der Waals surface area (Å²) in [5, 5.41) is 0. The lowest BCUT2D eigenvalue weighted by Crippen LogP contribution is -2.33. The van der Waals surface area contributed by atoms with E-state index in [1.165, 1.54) is 0 Å². The highest BCUT2D eigenvalue weighted by Crippen LogP contribution is 2.13. The van der Waals surface area contributed by atoms with Crippen molar-refractivity contribution in [3.05, 3.63) is 57.8 Å². The SMILES string of the molecule is Cc1nc2c(c(=O)[nH]1)CCN(C(=O)CCCOc1ccccc1)CC2. The van der Waals surface area contributed by atoms with Gasteiger partial charge in [-0.15, -0.1) is 0 Å². The fourth-order valence-corrected chi connectivity index (χ4v) is 3.07. The van der Waals surface area contributed by atoms with Crippen LogP contribution in [0.15, 0.2) is 35.1 Å². The number of para-hydroxylation sites is 1. The Labute approximate surface area is 146 Å². The molecule has 2 heterocycles. The number of benzene rings is 1. The number of nitrogens with zero attached hydrogens (tertiary/aromatic N) is 2. The molecule has 0 bridgehead atoms. The maximum absolute atomic E-state index is 12.4. The summed E-state index contributed by atoms with van der Waals surface area (Å²) in [6.45, 7) is 3.48. The standard InChI is InChI=1S/C19H23N3O3/c1-14-20-17-10-12-22(11-9-16(17)19(24)21-14)18(23)8-5-13-25-15-6-3-2-4-7-15/h2-4,6-7H,5,8-13H2,1H3,(H,20,21,24). The molecule has 0 fully saturated rings. The maximum Gasteiger partial charge on any atom is 0.254 e. The molecule has 6 nitrogen and oxygen atoms in total. The molecule has 1 aliphatic rings. The summed E-state index contributed by atoms with van der Waals surface area (Å²) in [5.74, 6) is 1.56. The monoisotopic (exact) mass is 341 g/mol. The molecular weight excluding hydrogens is 318 g/mol. The van der Waals surface area contributed by atoms with Crippen molar-refractivity contribution < 1.29 is 9.53 Å². The molecule has 1 aliphatic heterocycles. The number of aromatic amines is 1. The molecule has 0 saturated heterocycles. The minimum atomic E-state index is -0.0759. The van der Waals surface area contributed by atoms with Crippen molar-refractivity contribution in [3.63, 3.8) is 0 Å². The number of aromatic nitrogens is 2. The smallest absolute Gasteiger partial charge is 0.254 e. The number of nitrogens with one attached hydrogen (secondary N) is 1. The fourth-order valence-electron chi connectivity index (χ4n) is 3.07. The molecule has 1 N–H and O–H groups in total. The third-order valence-electron chi connectivity index (χ3n) is 4.37. The van der Waals surface area contributed by atoms with E-state index in [1.54, 1.807) is 6.92 Å². The molecule has 6 heteroatoms. The molecule has 0 spiro atoms. The number of hydrogen-bond acceptors (Lipinski definition) is 4. The summed E-state index contributed by atoms with van der Waals surface area (Å²) in [5.41, 5.74) is 1.46. The minimum absolute atomic E-state index is 0.0759. The van der Waals surface area contributed by atoms with Gasteiger partial charge in [0.25, 0.3) is 5.56 Å². The van der Waals surface area contributed by atoms with E-state index in [0.29, 0.717) is 56.8 Å². The second-order valence-electron chi connectivity index (χ2n) is 6.22. The van der Waals surface area contributed by atoms with Crippen LogP contribution in [-0.2, 0) is 17.6 Å². The van der Waals surface area contributed by atoms with Gasteiger partial charge < -0.3 is 14.6 Å². The highest BCUT2D eigenvalue weighted by atomic mass is 16.5. The first-order valence-electron chi connectivity index (χ1n) is 8.68. The molecular formula is C19H23N3O3. The number of fused-ring (bicyclic) bond motifs is 1. The van der Waals surface area contributed by atoms with Gasteiger partial charge >= 0.3 is 0 Å². The van der Waals surface area contributed by atoms with Gasteiger partial charge in [-0.2, -0.15) is 0 Å². The molecule has 2 aromatic rings. The van der Waals surface area contributed by atoms with E-state index < -0.39 is 0 Å². The van der Waals surface area contributed by atoms with Crippen molar-refractivity contribution in [3.8, 4) is 5.75 Å². The molecule has 25 heavy (non-hydrogen) atoms. The quantitative estimate of drug-likeness (QED) is 0.843. The molecule has 0 radical (unpaired) electrons. The van der Waals surface area contributed by atoms with E-state index >= 15 is 0 Å². The second-order valence-corrected chi connectivity index (χ2v) is 6.22. The van der Waals surface area contributed by atoms with E-state index in [0.717, 1.165) is 11.4 Å². The summed E-state index contributed by atoms with van der Waals surface area (Å²) in [6.07, 6.45) is 2.32. The first-order chi connectivity index (χ1) is 12.1. The summed E-state index contributed by atoms with van der Waals surface area (Å²) in [7, 11) is 0. The van der Waals surface area contributed by atoms with E-state index in [2.05, 4.69) is 9.97 Å². The molecule has 0 aliphatic carbocycles. The summed E-state index contributed by atoms with van der Waals surface area (Å²) in [4.78, 5) is 33.5. The molecule has 1 aromatic heterocycles. The largest absolute Gasteiger partial charge is 0.494 e. The van der Waals surface area contributed by atoms with Crippen LogP contribution in [0.25, 0.3) is 0 Å². The number of carbonyl (C=O) groups excluding carboxylic acids is 1. The van der Waals surface area contributed by atoms with Crippen LogP contribution in [0.2, 0.25) is 0 Å². The molecule has 0 saturated carbocycles. The van der Waals surface area contributed by atoms with Crippen molar-refractivity contribution in [1.29, 1.82) is 0 Å². The van der Waals surface area contributed by atoms with Gasteiger partial charge in [0.05, 0.1) is 12.3 Å². The highest BCUT2D eigenvalue weighted by Gasteiger charge is 2.21. The van der Waals surface area contributed by atoms with Crippen molar-refractivity contribution in [2.24, 2.45) is 0 Å². The Kier molecular flexibility index (Phi) is 5.48. The van der Waals surface area contributed by atoms with E-state index in [1.807, 2.05) is 35.2 Å².